The van der Waals surface area contributed by atoms with Gasteiger partial charge in [-0.1, -0.05) is 0 Å². The fourth-order valence-corrected chi connectivity index (χ4v) is 3.52. The van der Waals surface area contributed by atoms with Gasteiger partial charge in [0, 0.05) is 10.6 Å². The number of aryl methyl sites for hydroxylation is 2. The Morgan fingerprint density at radius 2 is 1.96 bits per heavy atom. The molecule has 0 unspecified atom stereocenters. The predicted molar refractivity (Wildman–Crippen MR) is 94.7 cm³/mol. The molecule has 0 bridgehead atoms. The molecule has 1 atom stereocenters. The summed E-state index contributed by atoms with van der Waals surface area (Å²) >= 11 is 1.56. The summed E-state index contributed by atoms with van der Waals surface area (Å²) in [5.74, 6) is 1.44. The first-order valence-electron chi connectivity index (χ1n) is 7.40. The number of hydrogen-bond donors (Lipinski definition) is 2. The zero-order valence-electron chi connectivity index (χ0n) is 13.6. The van der Waals surface area contributed by atoms with Crippen molar-refractivity contribution < 1.29 is 4.74 Å². The number of fused-ring (bicyclic) bond motifs is 1. The maximum atomic E-state index is 12.3. The third-order valence-electron chi connectivity index (χ3n) is 3.94. The van der Waals surface area contributed by atoms with Crippen molar-refractivity contribution in [3.63, 3.8) is 0 Å². The van der Waals surface area contributed by atoms with Crippen molar-refractivity contribution in [2.45, 2.75) is 26.8 Å². The quantitative estimate of drug-likeness (QED) is 0.764. The van der Waals surface area contributed by atoms with E-state index in [9.17, 15) is 4.79 Å². The maximum Gasteiger partial charge on any atom is 0.259 e. The van der Waals surface area contributed by atoms with E-state index in [1.54, 1.807) is 18.4 Å². The minimum Gasteiger partial charge on any atom is -0.497 e. The van der Waals surface area contributed by atoms with Gasteiger partial charge in [-0.2, -0.15) is 0 Å². The van der Waals surface area contributed by atoms with Crippen LogP contribution in [0.4, 0.5) is 5.69 Å². The third kappa shape index (κ3) is 2.94. The molecular weight excluding hydrogens is 310 g/mol. The minimum atomic E-state index is -0.108. The van der Waals surface area contributed by atoms with Crippen molar-refractivity contribution in [2.24, 2.45) is 0 Å². The van der Waals surface area contributed by atoms with Crippen LogP contribution >= 0.6 is 11.3 Å². The van der Waals surface area contributed by atoms with Crippen LogP contribution in [0.3, 0.4) is 0 Å². The van der Waals surface area contributed by atoms with E-state index in [-0.39, 0.29) is 11.6 Å². The van der Waals surface area contributed by atoms with Gasteiger partial charge in [-0.15, -0.1) is 11.3 Å². The molecule has 3 rings (SSSR count). The number of rotatable bonds is 4. The Labute approximate surface area is 138 Å². The molecule has 0 saturated heterocycles. The summed E-state index contributed by atoms with van der Waals surface area (Å²) in [4.78, 5) is 21.8. The van der Waals surface area contributed by atoms with Crippen LogP contribution in [0.5, 0.6) is 5.75 Å². The van der Waals surface area contributed by atoms with Gasteiger partial charge in [0.1, 0.15) is 16.4 Å². The number of H-pyrrole nitrogens is 1. The van der Waals surface area contributed by atoms with E-state index in [0.29, 0.717) is 11.2 Å². The first-order chi connectivity index (χ1) is 11.0. The standard InChI is InChI=1S/C17H19N3O2S/c1-9-11(3)23-17-14(9)16(21)19-15(20-17)10(2)18-12-5-7-13(22-4)8-6-12/h5-8,10,18H,1-4H3,(H,19,20,21)/t10-/m0/s1. The highest BCUT2D eigenvalue weighted by Gasteiger charge is 2.15. The van der Waals surface area contributed by atoms with E-state index < -0.39 is 0 Å². The summed E-state index contributed by atoms with van der Waals surface area (Å²) in [6.07, 6.45) is 0. The van der Waals surface area contributed by atoms with Gasteiger partial charge in [-0.3, -0.25) is 4.79 Å². The van der Waals surface area contributed by atoms with Crippen LogP contribution in [0.25, 0.3) is 10.2 Å². The van der Waals surface area contributed by atoms with Crippen LogP contribution in [-0.4, -0.2) is 17.1 Å². The van der Waals surface area contributed by atoms with Crippen LogP contribution in [0, 0.1) is 13.8 Å². The van der Waals surface area contributed by atoms with E-state index in [1.165, 1.54) is 0 Å². The Balaban J connectivity index is 1.91. The molecule has 0 aliphatic rings. The van der Waals surface area contributed by atoms with Gasteiger partial charge in [0.25, 0.3) is 5.56 Å². The molecule has 2 aromatic heterocycles. The molecule has 1 aromatic carbocycles. The fraction of sp³-hybridized carbons (Fsp3) is 0.294. The zero-order valence-corrected chi connectivity index (χ0v) is 14.4. The zero-order chi connectivity index (χ0) is 16.6. The lowest BCUT2D eigenvalue weighted by Gasteiger charge is -2.14. The molecule has 0 amide bonds. The number of methoxy groups -OCH3 is 1. The fourth-order valence-electron chi connectivity index (χ4n) is 2.48. The van der Waals surface area contributed by atoms with Crippen LogP contribution < -0.4 is 15.6 Å². The van der Waals surface area contributed by atoms with E-state index in [4.69, 9.17) is 4.74 Å². The second-order valence-corrected chi connectivity index (χ2v) is 6.71. The smallest absolute Gasteiger partial charge is 0.259 e. The molecule has 6 heteroatoms. The predicted octanol–water partition coefficient (Wildman–Crippen LogP) is 3.78. The summed E-state index contributed by atoms with van der Waals surface area (Å²) in [5, 5.41) is 4.04. The molecule has 2 N–H and O–H groups in total. The highest BCUT2D eigenvalue weighted by molar-refractivity contribution is 7.18. The topological polar surface area (TPSA) is 67.0 Å². The lowest BCUT2D eigenvalue weighted by Crippen LogP contribution is -2.17. The Hall–Kier alpha value is -2.34. The van der Waals surface area contributed by atoms with Gasteiger partial charge in [-0.05, 0) is 50.6 Å². The Kier molecular flexibility index (Phi) is 4.09. The summed E-state index contributed by atoms with van der Waals surface area (Å²) in [7, 11) is 1.64. The molecule has 0 radical (unpaired) electrons. The number of hydrogen-bond acceptors (Lipinski definition) is 5. The third-order valence-corrected chi connectivity index (χ3v) is 5.04. The molecule has 5 nitrogen and oxygen atoms in total. The van der Waals surface area contributed by atoms with E-state index in [2.05, 4.69) is 15.3 Å². The van der Waals surface area contributed by atoms with Gasteiger partial charge in [-0.25, -0.2) is 4.98 Å². The number of aromatic nitrogens is 2. The van der Waals surface area contributed by atoms with E-state index in [1.807, 2.05) is 45.0 Å². The first kappa shape index (κ1) is 15.6. The molecule has 0 aliphatic heterocycles. The van der Waals surface area contributed by atoms with Crippen molar-refractivity contribution in [1.29, 1.82) is 0 Å². The van der Waals surface area contributed by atoms with Gasteiger partial charge >= 0.3 is 0 Å². The van der Waals surface area contributed by atoms with E-state index in [0.717, 1.165) is 26.7 Å². The molecule has 0 fully saturated rings. The van der Waals surface area contributed by atoms with Crippen LogP contribution in [0.1, 0.15) is 29.2 Å². The van der Waals surface area contributed by atoms with Gasteiger partial charge < -0.3 is 15.0 Å². The summed E-state index contributed by atoms with van der Waals surface area (Å²) in [5.41, 5.74) is 1.89. The van der Waals surface area contributed by atoms with Crippen LogP contribution in [0.15, 0.2) is 29.1 Å². The molecule has 2 heterocycles. The molecular formula is C17H19N3O2S. The van der Waals surface area contributed by atoms with Crippen molar-refractivity contribution in [1.82, 2.24) is 9.97 Å². The average Bonchev–Trinajstić information content (AvgIpc) is 2.83. The average molecular weight is 329 g/mol. The second kappa shape index (κ2) is 6.04. The Morgan fingerprint density at radius 1 is 1.26 bits per heavy atom. The largest absolute Gasteiger partial charge is 0.497 e. The van der Waals surface area contributed by atoms with Gasteiger partial charge in [0.15, 0.2) is 0 Å². The Bertz CT molecular complexity index is 897. The highest BCUT2D eigenvalue weighted by atomic mass is 32.1. The number of nitrogens with zero attached hydrogens (tertiary/aromatic N) is 1. The van der Waals surface area contributed by atoms with Crippen molar-refractivity contribution in [2.75, 3.05) is 12.4 Å². The van der Waals surface area contributed by atoms with Crippen molar-refractivity contribution >= 4 is 27.2 Å². The lowest BCUT2D eigenvalue weighted by atomic mass is 10.2. The van der Waals surface area contributed by atoms with Crippen LogP contribution in [0.2, 0.25) is 0 Å². The van der Waals surface area contributed by atoms with Gasteiger partial charge in [0.05, 0.1) is 18.5 Å². The molecule has 0 saturated carbocycles. The molecule has 0 aliphatic carbocycles. The summed E-state index contributed by atoms with van der Waals surface area (Å²) in [6, 6.07) is 7.54. The van der Waals surface area contributed by atoms with Crippen molar-refractivity contribution in [3.05, 3.63) is 50.9 Å². The maximum absolute atomic E-state index is 12.3. The SMILES string of the molecule is COc1ccc(N[C@@H](C)c2nc3sc(C)c(C)c3c(=O)[nH]2)cc1. The minimum absolute atomic E-state index is 0.0739. The van der Waals surface area contributed by atoms with Crippen molar-refractivity contribution in [3.8, 4) is 5.75 Å². The molecule has 3 aromatic rings. The molecule has 0 spiro atoms. The number of aromatic amines is 1. The number of anilines is 1. The normalized spacial score (nSPS) is 12.3. The number of benzene rings is 1. The lowest BCUT2D eigenvalue weighted by molar-refractivity contribution is 0.415. The molecule has 120 valence electrons. The monoisotopic (exact) mass is 329 g/mol. The summed E-state index contributed by atoms with van der Waals surface area (Å²) < 4.78 is 5.15. The molecule has 23 heavy (non-hydrogen) atoms. The number of thiophene rings is 1. The van der Waals surface area contributed by atoms with E-state index >= 15 is 0 Å². The second-order valence-electron chi connectivity index (χ2n) is 5.51. The number of ether oxygens (including phenoxy) is 1. The Morgan fingerprint density at radius 3 is 2.61 bits per heavy atom. The summed E-state index contributed by atoms with van der Waals surface area (Å²) in [6.45, 7) is 5.95. The van der Waals surface area contributed by atoms with Gasteiger partial charge in [0.2, 0.25) is 0 Å². The van der Waals surface area contributed by atoms with Crippen LogP contribution in [-0.2, 0) is 0 Å². The highest BCUT2D eigenvalue weighted by Crippen LogP contribution is 2.27. The number of nitrogens with one attached hydrogen (secondary N) is 2. The first-order valence-corrected chi connectivity index (χ1v) is 8.21.